The molecule has 0 heterocycles. The molecule has 1 heteroatoms. The lowest BCUT2D eigenvalue weighted by atomic mass is 9.67. The molecule has 2 atom stereocenters. The lowest BCUT2D eigenvalue weighted by Gasteiger charge is -2.36. The zero-order chi connectivity index (χ0) is 13.9. The van der Waals surface area contributed by atoms with Crippen molar-refractivity contribution in [1.82, 2.24) is 0 Å². The molecule has 0 saturated heterocycles. The van der Waals surface area contributed by atoms with Crippen LogP contribution in [0.2, 0.25) is 0 Å². The van der Waals surface area contributed by atoms with Crippen molar-refractivity contribution in [2.24, 2.45) is 11.3 Å². The summed E-state index contributed by atoms with van der Waals surface area (Å²) in [6.07, 6.45) is 6.03. The van der Waals surface area contributed by atoms with E-state index in [4.69, 9.17) is 1.37 Å². The van der Waals surface area contributed by atoms with Gasteiger partial charge in [-0.1, -0.05) is 37.1 Å². The molecular weight excluding hydrogens is 208 g/mol. The lowest BCUT2D eigenvalue weighted by Crippen LogP contribution is -2.34. The van der Waals surface area contributed by atoms with Gasteiger partial charge in [0, 0.05) is 5.41 Å². The van der Waals surface area contributed by atoms with E-state index in [0.717, 1.165) is 25.7 Å². The van der Waals surface area contributed by atoms with Crippen molar-refractivity contribution in [1.29, 1.82) is 0 Å². The highest BCUT2D eigenvalue weighted by molar-refractivity contribution is 5.82. The molecule has 1 aliphatic rings. The molecule has 1 nitrogen and oxygen atoms in total. The molecule has 96 valence electrons. The van der Waals surface area contributed by atoms with Crippen molar-refractivity contribution >= 4 is 5.78 Å². The van der Waals surface area contributed by atoms with Crippen LogP contribution < -0.4 is 0 Å². The average molecular weight is 235 g/mol. The van der Waals surface area contributed by atoms with E-state index in [2.05, 4.69) is 19.9 Å². The fourth-order valence-electron chi connectivity index (χ4n) is 2.38. The zero-order valence-electron chi connectivity index (χ0n) is 12.9. The Morgan fingerprint density at radius 2 is 2.24 bits per heavy atom. The highest BCUT2D eigenvalue weighted by Gasteiger charge is 2.37. The van der Waals surface area contributed by atoms with Gasteiger partial charge in [0.15, 0.2) is 0 Å². The van der Waals surface area contributed by atoms with Crippen LogP contribution in [0.15, 0.2) is 23.3 Å². The molecule has 0 aromatic rings. The molecule has 1 rings (SSSR count). The summed E-state index contributed by atoms with van der Waals surface area (Å²) in [6.45, 7) is 9.92. The summed E-state index contributed by atoms with van der Waals surface area (Å²) >= 11 is 0. The van der Waals surface area contributed by atoms with Crippen LogP contribution in [0.5, 0.6) is 0 Å². The molecule has 0 fully saturated rings. The first kappa shape index (κ1) is 12.6. The molecule has 0 aromatic heterocycles. The minimum atomic E-state index is -0.322. The average Bonchev–Trinajstić information content (AvgIpc) is 2.28. The maximum atomic E-state index is 11.8. The van der Waals surface area contributed by atoms with E-state index in [-0.39, 0.29) is 17.1 Å². The largest absolute Gasteiger partial charge is 0.299 e. The summed E-state index contributed by atoms with van der Waals surface area (Å²) in [7, 11) is 0. The Morgan fingerprint density at radius 3 is 2.76 bits per heavy atom. The summed E-state index contributed by atoms with van der Waals surface area (Å²) in [5.41, 5.74) is 2.26. The lowest BCUT2D eigenvalue weighted by molar-refractivity contribution is -0.128. The summed E-state index contributed by atoms with van der Waals surface area (Å²) < 4.78 is 8.28. The van der Waals surface area contributed by atoms with Crippen LogP contribution in [0, 0.1) is 11.3 Å². The maximum absolute atomic E-state index is 11.8. The number of rotatable bonds is 4. The fourth-order valence-corrected chi connectivity index (χ4v) is 2.38. The monoisotopic (exact) mass is 235 g/mol. The van der Waals surface area contributed by atoms with Gasteiger partial charge >= 0.3 is 0 Å². The highest BCUT2D eigenvalue weighted by atomic mass is 16.1. The first-order valence-electron chi connectivity index (χ1n) is 7.12. The second kappa shape index (κ2) is 5.66. The Kier molecular flexibility index (Phi) is 4.20. The second-order valence-electron chi connectivity index (χ2n) is 5.76. The molecule has 0 amide bonds. The van der Waals surface area contributed by atoms with Gasteiger partial charge < -0.3 is 0 Å². The van der Waals surface area contributed by atoms with Crippen molar-refractivity contribution in [3.63, 3.8) is 0 Å². The van der Waals surface area contributed by atoms with Crippen molar-refractivity contribution in [2.75, 3.05) is 0 Å². The third-order valence-electron chi connectivity index (χ3n) is 4.13. The maximum Gasteiger partial charge on any atom is 0.136 e. The smallest absolute Gasteiger partial charge is 0.136 e. The summed E-state index contributed by atoms with van der Waals surface area (Å²) in [6, 6.07) is 0.709. The molecule has 17 heavy (non-hydrogen) atoms. The first-order chi connectivity index (χ1) is 8.29. The fraction of sp³-hybridized carbons (Fsp3) is 0.688. The molecule has 0 aliphatic heterocycles. The third kappa shape index (κ3) is 3.55. The van der Waals surface area contributed by atoms with E-state index >= 15 is 0 Å². The number of ketones is 1. The minimum absolute atomic E-state index is 0.0606. The van der Waals surface area contributed by atoms with Gasteiger partial charge in [0.25, 0.3) is 0 Å². The van der Waals surface area contributed by atoms with Gasteiger partial charge in [-0.3, -0.25) is 4.79 Å². The summed E-state index contributed by atoms with van der Waals surface area (Å²) in [5.74, 6) is 0.286. The molecule has 0 aromatic carbocycles. The van der Waals surface area contributed by atoms with Crippen LogP contribution in [0.3, 0.4) is 0 Å². The quantitative estimate of drug-likeness (QED) is 0.646. The number of carbonyl (C=O) groups is 1. The van der Waals surface area contributed by atoms with E-state index < -0.39 is 0 Å². The standard InChI is InChI=1S/C16H26O/c1-12(2)7-6-8-15-9-10-16(5,14(4)17)13(3)11-15/h7,11,13H,6,8-10H2,1-5H3/t13-,16+/m1/s1/i11D. The molecular formula is C16H26O. The predicted octanol–water partition coefficient (Wildman–Crippen LogP) is 4.68. The van der Waals surface area contributed by atoms with Gasteiger partial charge in [-0.15, -0.1) is 0 Å². The van der Waals surface area contributed by atoms with E-state index in [1.807, 2.05) is 13.8 Å². The SMILES string of the molecule is [2H]C1=C(CCC=C(C)C)CC[C@](C)(C(C)=O)[C@@H]1C. The van der Waals surface area contributed by atoms with Crippen molar-refractivity contribution in [3.8, 4) is 0 Å². The summed E-state index contributed by atoms with van der Waals surface area (Å²) in [4.78, 5) is 11.8. The van der Waals surface area contributed by atoms with Crippen LogP contribution in [-0.4, -0.2) is 5.78 Å². The third-order valence-corrected chi connectivity index (χ3v) is 4.13. The van der Waals surface area contributed by atoms with Crippen LogP contribution >= 0.6 is 0 Å². The first-order valence-corrected chi connectivity index (χ1v) is 6.62. The zero-order valence-corrected chi connectivity index (χ0v) is 11.9. The molecule has 0 saturated carbocycles. The Bertz CT molecular complexity index is 388. The van der Waals surface area contributed by atoms with Gasteiger partial charge in [-0.2, -0.15) is 0 Å². The van der Waals surface area contributed by atoms with Gasteiger partial charge in [-0.05, 0) is 52.4 Å². The molecule has 0 N–H and O–H groups in total. The van der Waals surface area contributed by atoms with Crippen LogP contribution in [0.1, 0.15) is 61.7 Å². The van der Waals surface area contributed by atoms with E-state index in [9.17, 15) is 4.79 Å². The van der Waals surface area contributed by atoms with Crippen molar-refractivity contribution in [2.45, 2.75) is 60.3 Å². The number of carbonyl (C=O) groups excluding carboxylic acids is 1. The van der Waals surface area contributed by atoms with E-state index in [1.54, 1.807) is 6.92 Å². The second-order valence-corrected chi connectivity index (χ2v) is 5.76. The number of hydrogen-bond acceptors (Lipinski definition) is 1. The van der Waals surface area contributed by atoms with E-state index in [0.29, 0.717) is 6.05 Å². The normalized spacial score (nSPS) is 29.9. The summed E-state index contributed by atoms with van der Waals surface area (Å²) in [5, 5.41) is 0. The van der Waals surface area contributed by atoms with Crippen molar-refractivity contribution < 1.29 is 6.17 Å². The van der Waals surface area contributed by atoms with Gasteiger partial charge in [0.05, 0.1) is 1.37 Å². The molecule has 1 aliphatic carbocycles. The van der Waals surface area contributed by atoms with Crippen LogP contribution in [0.4, 0.5) is 0 Å². The van der Waals surface area contributed by atoms with Crippen LogP contribution in [0.25, 0.3) is 0 Å². The topological polar surface area (TPSA) is 17.1 Å². The molecule has 0 bridgehead atoms. The Balaban J connectivity index is 2.81. The number of hydrogen-bond donors (Lipinski definition) is 0. The molecule has 0 radical (unpaired) electrons. The van der Waals surface area contributed by atoms with Crippen molar-refractivity contribution in [3.05, 3.63) is 23.3 Å². The Hall–Kier alpha value is -0.850. The Labute approximate surface area is 107 Å². The molecule has 0 spiro atoms. The Morgan fingerprint density at radius 1 is 1.59 bits per heavy atom. The van der Waals surface area contributed by atoms with Crippen LogP contribution in [-0.2, 0) is 4.79 Å². The predicted molar refractivity (Wildman–Crippen MR) is 73.9 cm³/mol. The van der Waals surface area contributed by atoms with Gasteiger partial charge in [0.1, 0.15) is 5.78 Å². The molecule has 0 unspecified atom stereocenters. The number of allylic oxidation sites excluding steroid dienone is 4. The van der Waals surface area contributed by atoms with E-state index in [1.165, 1.54) is 11.1 Å². The number of Topliss-reactive ketones (excluding diaryl/α,β-unsaturated/α-hetero) is 1. The highest BCUT2D eigenvalue weighted by Crippen LogP contribution is 2.41. The minimum Gasteiger partial charge on any atom is -0.299 e. The van der Waals surface area contributed by atoms with Gasteiger partial charge in [0.2, 0.25) is 0 Å². The van der Waals surface area contributed by atoms with Gasteiger partial charge in [-0.25, -0.2) is 0 Å².